The summed E-state index contributed by atoms with van der Waals surface area (Å²) in [5.41, 5.74) is 6.17. The number of halogens is 2. The van der Waals surface area contributed by atoms with Gasteiger partial charge in [-0.05, 0) is 17.4 Å². The molecule has 1 rings (SSSR count). The summed E-state index contributed by atoms with van der Waals surface area (Å²) in [6, 6.07) is 6.05. The molecule has 0 heterocycles. The summed E-state index contributed by atoms with van der Waals surface area (Å²) in [6.45, 7) is 0. The summed E-state index contributed by atoms with van der Waals surface area (Å²) in [5.74, 6) is -1.19. The van der Waals surface area contributed by atoms with E-state index in [0.29, 0.717) is 11.0 Å². The molecule has 1 aromatic rings. The van der Waals surface area contributed by atoms with Crippen molar-refractivity contribution in [3.63, 3.8) is 0 Å². The summed E-state index contributed by atoms with van der Waals surface area (Å²) in [6.07, 6.45) is 0.0689. The van der Waals surface area contributed by atoms with E-state index in [1.165, 1.54) is 12.1 Å². The Morgan fingerprint density at radius 1 is 1.20 bits per heavy atom. The van der Waals surface area contributed by atoms with Crippen LogP contribution >= 0.6 is 0 Å². The first-order valence-corrected chi connectivity index (χ1v) is 4.49. The van der Waals surface area contributed by atoms with Crippen molar-refractivity contribution in [2.24, 2.45) is 5.73 Å². The maximum absolute atomic E-state index is 12.1. The van der Waals surface area contributed by atoms with Crippen LogP contribution in [0.1, 0.15) is 5.56 Å². The van der Waals surface area contributed by atoms with Gasteiger partial charge in [0, 0.05) is 0 Å². The number of benzene rings is 1. The average Bonchev–Trinajstić information content (AvgIpc) is 2.18. The van der Waals surface area contributed by atoms with E-state index in [9.17, 15) is 8.63 Å². The molecule has 0 bridgehead atoms. The highest BCUT2D eigenvalue weighted by molar-refractivity contribution is 6.58. The summed E-state index contributed by atoms with van der Waals surface area (Å²) >= 11 is 0. The fraction of sp³-hybridized carbons (Fsp3) is 0.250. The van der Waals surface area contributed by atoms with E-state index in [0.717, 1.165) is 0 Å². The third kappa shape index (κ3) is 3.62. The second-order valence-corrected chi connectivity index (χ2v) is 3.32. The van der Waals surface area contributed by atoms with E-state index in [-0.39, 0.29) is 6.42 Å². The fourth-order valence-electron chi connectivity index (χ4n) is 1.19. The van der Waals surface area contributed by atoms with E-state index >= 15 is 0 Å². The van der Waals surface area contributed by atoms with Crippen LogP contribution in [0.4, 0.5) is 8.63 Å². The number of hydrogen-bond donors (Lipinski definition) is 3. The molecule has 1 aromatic carbocycles. The minimum atomic E-state index is -2.55. The smallest absolute Gasteiger partial charge is 0.423 e. The van der Waals surface area contributed by atoms with Gasteiger partial charge in [-0.2, -0.15) is 0 Å². The van der Waals surface area contributed by atoms with E-state index in [1.54, 1.807) is 12.1 Å². The Balaban J connectivity index is 2.64. The third-order valence-corrected chi connectivity index (χ3v) is 2.07. The first-order chi connectivity index (χ1) is 7.00. The fourth-order valence-corrected chi connectivity index (χ4v) is 1.19. The lowest BCUT2D eigenvalue weighted by Gasteiger charge is -2.08. The molecular formula is C8H11B2F2NO2. The average molecular weight is 212 g/mol. The van der Waals surface area contributed by atoms with Crippen molar-refractivity contribution in [2.45, 2.75) is 12.4 Å². The van der Waals surface area contributed by atoms with Crippen LogP contribution in [0.25, 0.3) is 0 Å². The van der Waals surface area contributed by atoms with Crippen LogP contribution < -0.4 is 11.2 Å². The molecule has 0 radical (unpaired) electrons. The highest BCUT2D eigenvalue weighted by Gasteiger charge is 2.23. The van der Waals surface area contributed by atoms with Gasteiger partial charge in [-0.1, -0.05) is 24.3 Å². The molecule has 0 unspecified atom stereocenters. The third-order valence-electron chi connectivity index (χ3n) is 2.07. The molecule has 0 amide bonds. The molecule has 80 valence electrons. The molecule has 0 fully saturated rings. The van der Waals surface area contributed by atoms with Crippen molar-refractivity contribution in [3.8, 4) is 0 Å². The van der Waals surface area contributed by atoms with Crippen LogP contribution in [-0.2, 0) is 6.42 Å². The molecule has 3 nitrogen and oxygen atoms in total. The first-order valence-electron chi connectivity index (χ1n) is 4.49. The van der Waals surface area contributed by atoms with Crippen molar-refractivity contribution in [2.75, 3.05) is 0 Å². The molecule has 4 N–H and O–H groups in total. The lowest BCUT2D eigenvalue weighted by Crippen LogP contribution is -2.35. The second-order valence-electron chi connectivity index (χ2n) is 3.32. The van der Waals surface area contributed by atoms with Gasteiger partial charge in [0.15, 0.2) is 0 Å². The molecule has 0 aliphatic heterocycles. The summed E-state index contributed by atoms with van der Waals surface area (Å²) < 4.78 is 24.2. The number of nitrogens with two attached hydrogens (primary N) is 1. The van der Waals surface area contributed by atoms with Crippen LogP contribution in [-0.4, -0.2) is 30.4 Å². The largest absolute Gasteiger partial charge is 0.554 e. The Labute approximate surface area is 87.2 Å². The zero-order valence-corrected chi connectivity index (χ0v) is 7.98. The quantitative estimate of drug-likeness (QED) is 0.572. The first kappa shape index (κ1) is 12.2. The molecule has 0 aliphatic rings. The van der Waals surface area contributed by atoms with E-state index in [4.69, 9.17) is 15.8 Å². The van der Waals surface area contributed by atoms with Gasteiger partial charge < -0.3 is 15.8 Å². The van der Waals surface area contributed by atoms with Crippen molar-refractivity contribution in [3.05, 3.63) is 29.8 Å². The summed E-state index contributed by atoms with van der Waals surface area (Å²) in [7, 11) is -4.09. The Bertz CT molecular complexity index is 308. The van der Waals surface area contributed by atoms with Gasteiger partial charge >= 0.3 is 14.4 Å². The van der Waals surface area contributed by atoms with Gasteiger partial charge in [-0.25, -0.2) is 0 Å². The Morgan fingerprint density at radius 3 is 2.13 bits per heavy atom. The van der Waals surface area contributed by atoms with Gasteiger partial charge in [0.2, 0.25) is 0 Å². The van der Waals surface area contributed by atoms with Crippen molar-refractivity contribution >= 4 is 19.8 Å². The molecule has 7 heteroatoms. The molecular weight excluding hydrogens is 201 g/mol. The van der Waals surface area contributed by atoms with Gasteiger partial charge in [0.05, 0.1) is 5.94 Å². The number of rotatable bonds is 4. The molecule has 1 atom stereocenters. The summed E-state index contributed by atoms with van der Waals surface area (Å²) in [4.78, 5) is 0. The lowest BCUT2D eigenvalue weighted by atomic mass is 9.78. The normalized spacial score (nSPS) is 12.3. The monoisotopic (exact) mass is 212 g/mol. The summed E-state index contributed by atoms with van der Waals surface area (Å²) in [5, 5.41) is 17.6. The Kier molecular flexibility index (Phi) is 4.26. The zero-order valence-electron chi connectivity index (χ0n) is 7.98. The molecule has 0 saturated carbocycles. The topological polar surface area (TPSA) is 66.5 Å². The predicted octanol–water partition coefficient (Wildman–Crippen LogP) is -0.797. The van der Waals surface area contributed by atoms with E-state index in [1.807, 2.05) is 0 Å². The van der Waals surface area contributed by atoms with Crippen LogP contribution in [0.3, 0.4) is 0 Å². The van der Waals surface area contributed by atoms with Crippen molar-refractivity contribution in [1.29, 1.82) is 0 Å². The van der Waals surface area contributed by atoms with Gasteiger partial charge in [0.25, 0.3) is 0 Å². The maximum atomic E-state index is 12.1. The van der Waals surface area contributed by atoms with Gasteiger partial charge in [0.1, 0.15) is 0 Å². The predicted molar refractivity (Wildman–Crippen MR) is 55.9 cm³/mol. The van der Waals surface area contributed by atoms with E-state index in [2.05, 4.69) is 0 Å². The van der Waals surface area contributed by atoms with Crippen molar-refractivity contribution < 1.29 is 18.7 Å². The van der Waals surface area contributed by atoms with Crippen molar-refractivity contribution in [1.82, 2.24) is 0 Å². The van der Waals surface area contributed by atoms with Gasteiger partial charge in [-0.15, -0.1) is 0 Å². The molecule has 0 aromatic heterocycles. The zero-order chi connectivity index (χ0) is 11.4. The van der Waals surface area contributed by atoms with Crippen LogP contribution in [0.2, 0.25) is 0 Å². The van der Waals surface area contributed by atoms with Gasteiger partial charge in [-0.3, -0.25) is 8.63 Å². The SMILES string of the molecule is N[C@@H](Cc1ccc(B(O)O)cc1)B(F)[18F]. The molecule has 15 heavy (non-hydrogen) atoms. The minimum Gasteiger partial charge on any atom is -0.423 e. The van der Waals surface area contributed by atoms with E-state index < -0.39 is 20.3 Å². The molecule has 0 aliphatic carbocycles. The highest BCUT2D eigenvalue weighted by Crippen LogP contribution is 2.04. The molecule has 0 saturated heterocycles. The second kappa shape index (κ2) is 5.25. The van der Waals surface area contributed by atoms with Crippen LogP contribution in [0.15, 0.2) is 24.3 Å². The lowest BCUT2D eigenvalue weighted by molar-refractivity contribution is 0.426. The standard InChI is InChI=1S/C8H11B2F2NO2/c11-9(12)8(13)5-6-1-3-7(4-2-6)10(14)15/h1-4,8,14-15H,5,13H2/t8-/m0/s1/i11-1. The Hall–Kier alpha value is -0.910. The van der Waals surface area contributed by atoms with Crippen LogP contribution in [0, 0.1) is 0 Å². The number of hydrogen-bond acceptors (Lipinski definition) is 3. The van der Waals surface area contributed by atoms with Crippen LogP contribution in [0.5, 0.6) is 0 Å². The Morgan fingerprint density at radius 2 is 1.73 bits per heavy atom. The maximum Gasteiger partial charge on any atom is 0.554 e. The highest BCUT2D eigenvalue weighted by atomic mass is 19.1. The minimum absolute atomic E-state index is 0.0689. The molecule has 0 spiro atoms.